The lowest BCUT2D eigenvalue weighted by atomic mass is 10.0. The first-order valence-corrected chi connectivity index (χ1v) is 4.11. The predicted octanol–water partition coefficient (Wildman–Crippen LogP) is 4.01. The van der Waals surface area contributed by atoms with E-state index in [0.717, 1.165) is 6.92 Å². The van der Waals surface area contributed by atoms with Crippen LogP contribution in [0, 0.1) is 0 Å². The van der Waals surface area contributed by atoms with Crippen LogP contribution in [-0.2, 0) is 0 Å². The highest BCUT2D eigenvalue weighted by Gasteiger charge is 2.36. The lowest BCUT2D eigenvalue weighted by Crippen LogP contribution is -2.17. The second-order valence-corrected chi connectivity index (χ2v) is 3.25. The van der Waals surface area contributed by atoms with Gasteiger partial charge in [0.2, 0.25) is 0 Å². The Balaban J connectivity index is 2.96. The van der Waals surface area contributed by atoms with E-state index >= 15 is 0 Å². The van der Waals surface area contributed by atoms with Crippen LogP contribution in [-0.4, -0.2) is 6.18 Å². The van der Waals surface area contributed by atoms with Crippen LogP contribution in [0.1, 0.15) is 18.4 Å². The average Bonchev–Trinajstić information content (AvgIpc) is 2.01. The first-order valence-electron chi connectivity index (χ1n) is 3.73. The van der Waals surface area contributed by atoms with Gasteiger partial charge in [-0.05, 0) is 24.6 Å². The average molecular weight is 209 g/mol. The molecular weight excluding hydrogens is 201 g/mol. The summed E-state index contributed by atoms with van der Waals surface area (Å²) in [6.07, 6.45) is -4.20. The Bertz CT molecular complexity index is 293. The summed E-state index contributed by atoms with van der Waals surface area (Å²) in [7, 11) is 0. The van der Waals surface area contributed by atoms with Gasteiger partial charge in [-0.3, -0.25) is 0 Å². The molecule has 1 rings (SSSR count). The molecule has 13 heavy (non-hydrogen) atoms. The zero-order chi connectivity index (χ0) is 10.1. The van der Waals surface area contributed by atoms with E-state index in [1.165, 1.54) is 18.2 Å². The Labute approximate surface area is 79.3 Å². The summed E-state index contributed by atoms with van der Waals surface area (Å²) < 4.78 is 36.7. The molecule has 0 fully saturated rings. The van der Waals surface area contributed by atoms with Crippen LogP contribution in [0.4, 0.5) is 13.2 Å². The van der Waals surface area contributed by atoms with Gasteiger partial charge in [0.1, 0.15) is 0 Å². The van der Waals surface area contributed by atoms with Gasteiger partial charge in [-0.1, -0.05) is 23.7 Å². The minimum Gasteiger partial charge on any atom is -0.170 e. The van der Waals surface area contributed by atoms with Crippen LogP contribution in [0.15, 0.2) is 24.3 Å². The first kappa shape index (κ1) is 10.4. The van der Waals surface area contributed by atoms with Gasteiger partial charge in [-0.2, -0.15) is 13.2 Å². The summed E-state index contributed by atoms with van der Waals surface area (Å²) in [5.41, 5.74) is 0.194. The van der Waals surface area contributed by atoms with Gasteiger partial charge < -0.3 is 0 Å². The SMILES string of the molecule is CC(c1cccc(Cl)c1)C(F)(F)F. The standard InChI is InChI=1S/C9H8ClF3/c1-6(9(11,12)13)7-3-2-4-8(10)5-7/h2-6H,1H3. The Morgan fingerprint density at radius 1 is 1.31 bits per heavy atom. The van der Waals surface area contributed by atoms with Gasteiger partial charge in [-0.25, -0.2) is 0 Å². The third-order valence-electron chi connectivity index (χ3n) is 1.84. The third-order valence-corrected chi connectivity index (χ3v) is 2.07. The highest BCUT2D eigenvalue weighted by atomic mass is 35.5. The van der Waals surface area contributed by atoms with Crippen molar-refractivity contribution in [2.45, 2.75) is 19.0 Å². The highest BCUT2D eigenvalue weighted by Crippen LogP contribution is 2.34. The molecule has 0 N–H and O–H groups in total. The molecule has 0 aromatic heterocycles. The van der Waals surface area contributed by atoms with E-state index in [2.05, 4.69) is 0 Å². The summed E-state index contributed by atoms with van der Waals surface area (Å²) >= 11 is 5.57. The first-order chi connectivity index (χ1) is 5.91. The maximum atomic E-state index is 12.2. The van der Waals surface area contributed by atoms with E-state index in [-0.39, 0.29) is 5.56 Å². The van der Waals surface area contributed by atoms with Gasteiger partial charge in [0.25, 0.3) is 0 Å². The molecule has 0 bridgehead atoms. The van der Waals surface area contributed by atoms with Crippen molar-refractivity contribution >= 4 is 11.6 Å². The quantitative estimate of drug-likeness (QED) is 0.654. The molecule has 0 amide bonds. The molecule has 1 atom stereocenters. The van der Waals surface area contributed by atoms with E-state index in [9.17, 15) is 13.2 Å². The normalized spacial score (nSPS) is 14.2. The minimum atomic E-state index is -4.20. The molecule has 0 spiro atoms. The topological polar surface area (TPSA) is 0 Å². The molecule has 72 valence electrons. The molecule has 0 radical (unpaired) electrons. The number of halogens is 4. The summed E-state index contributed by atoms with van der Waals surface area (Å²) in [6, 6.07) is 5.82. The van der Waals surface area contributed by atoms with Gasteiger partial charge in [0, 0.05) is 5.02 Å². The zero-order valence-electron chi connectivity index (χ0n) is 6.90. The molecule has 0 aliphatic heterocycles. The largest absolute Gasteiger partial charge is 0.395 e. The van der Waals surface area contributed by atoms with Crippen molar-refractivity contribution in [3.63, 3.8) is 0 Å². The van der Waals surface area contributed by atoms with Crippen molar-refractivity contribution in [1.82, 2.24) is 0 Å². The Hall–Kier alpha value is -0.700. The van der Waals surface area contributed by atoms with E-state index in [4.69, 9.17) is 11.6 Å². The molecule has 0 aliphatic rings. The van der Waals surface area contributed by atoms with Crippen molar-refractivity contribution in [1.29, 1.82) is 0 Å². The number of hydrogen-bond donors (Lipinski definition) is 0. The van der Waals surface area contributed by atoms with Crippen LogP contribution < -0.4 is 0 Å². The lowest BCUT2D eigenvalue weighted by Gasteiger charge is -2.15. The van der Waals surface area contributed by atoms with Crippen molar-refractivity contribution in [3.05, 3.63) is 34.9 Å². The molecule has 0 saturated heterocycles. The summed E-state index contributed by atoms with van der Waals surface area (Å²) in [4.78, 5) is 0. The Morgan fingerprint density at radius 3 is 2.38 bits per heavy atom. The molecule has 1 unspecified atom stereocenters. The molecule has 0 aliphatic carbocycles. The monoisotopic (exact) mass is 208 g/mol. The molecule has 0 heterocycles. The number of benzene rings is 1. The van der Waals surface area contributed by atoms with Crippen molar-refractivity contribution in [3.8, 4) is 0 Å². The predicted molar refractivity (Wildman–Crippen MR) is 45.9 cm³/mol. The van der Waals surface area contributed by atoms with Crippen molar-refractivity contribution in [2.24, 2.45) is 0 Å². The second-order valence-electron chi connectivity index (χ2n) is 2.82. The van der Waals surface area contributed by atoms with Gasteiger partial charge in [0.15, 0.2) is 0 Å². The molecular formula is C9H8ClF3. The van der Waals surface area contributed by atoms with Gasteiger partial charge >= 0.3 is 6.18 Å². The third kappa shape index (κ3) is 2.62. The van der Waals surface area contributed by atoms with Crippen molar-refractivity contribution < 1.29 is 13.2 Å². The van der Waals surface area contributed by atoms with Crippen LogP contribution in [0.2, 0.25) is 5.02 Å². The summed E-state index contributed by atoms with van der Waals surface area (Å²) in [5.74, 6) is -1.47. The lowest BCUT2D eigenvalue weighted by molar-refractivity contribution is -0.146. The molecule has 0 nitrogen and oxygen atoms in total. The number of alkyl halides is 3. The fraction of sp³-hybridized carbons (Fsp3) is 0.333. The summed E-state index contributed by atoms with van der Waals surface area (Å²) in [6.45, 7) is 1.12. The zero-order valence-corrected chi connectivity index (χ0v) is 7.65. The second kappa shape index (κ2) is 3.58. The smallest absolute Gasteiger partial charge is 0.170 e. The Kier molecular flexibility index (Phi) is 2.86. The fourth-order valence-electron chi connectivity index (χ4n) is 0.965. The molecule has 1 aromatic carbocycles. The van der Waals surface area contributed by atoms with E-state index in [1.54, 1.807) is 6.07 Å². The van der Waals surface area contributed by atoms with Gasteiger partial charge in [0.05, 0.1) is 5.92 Å². The maximum absolute atomic E-state index is 12.2. The molecule has 4 heteroatoms. The van der Waals surface area contributed by atoms with Crippen LogP contribution in [0.5, 0.6) is 0 Å². The number of hydrogen-bond acceptors (Lipinski definition) is 0. The minimum absolute atomic E-state index is 0.194. The Morgan fingerprint density at radius 2 is 1.92 bits per heavy atom. The maximum Gasteiger partial charge on any atom is 0.395 e. The van der Waals surface area contributed by atoms with Crippen LogP contribution >= 0.6 is 11.6 Å². The summed E-state index contributed by atoms with van der Waals surface area (Å²) in [5, 5.41) is 0.327. The molecule has 0 saturated carbocycles. The highest BCUT2D eigenvalue weighted by molar-refractivity contribution is 6.30. The van der Waals surface area contributed by atoms with E-state index in [1.807, 2.05) is 0 Å². The van der Waals surface area contributed by atoms with Gasteiger partial charge in [-0.15, -0.1) is 0 Å². The van der Waals surface area contributed by atoms with Crippen LogP contribution in [0.3, 0.4) is 0 Å². The van der Waals surface area contributed by atoms with E-state index < -0.39 is 12.1 Å². The fourth-order valence-corrected chi connectivity index (χ4v) is 1.16. The van der Waals surface area contributed by atoms with Crippen molar-refractivity contribution in [2.75, 3.05) is 0 Å². The van der Waals surface area contributed by atoms with Crippen LogP contribution in [0.25, 0.3) is 0 Å². The molecule has 1 aromatic rings. The van der Waals surface area contributed by atoms with E-state index in [0.29, 0.717) is 5.02 Å². The number of rotatable bonds is 1.